The number of aryl methyl sites for hydroxylation is 2. The van der Waals surface area contributed by atoms with Crippen LogP contribution < -0.4 is 5.32 Å². The standard InChI is InChI=1S/C17H23N3O2S/c1-12-5-7-22-16(12)17(21)18-8-14-4-3-6-20(9-14)10-15-11-23-13(2)19-15/h5,7,11,14H,3-4,6,8-10H2,1-2H3,(H,18,21). The highest BCUT2D eigenvalue weighted by Crippen LogP contribution is 2.19. The Bertz CT molecular complexity index is 664. The van der Waals surface area contributed by atoms with Crippen molar-refractivity contribution in [1.29, 1.82) is 0 Å². The molecule has 1 aliphatic heterocycles. The molecule has 23 heavy (non-hydrogen) atoms. The highest BCUT2D eigenvalue weighted by Gasteiger charge is 2.22. The second-order valence-electron chi connectivity index (χ2n) is 6.24. The van der Waals surface area contributed by atoms with E-state index in [1.807, 2.05) is 19.9 Å². The first-order chi connectivity index (χ1) is 11.1. The number of carbonyl (C=O) groups is 1. The molecule has 1 saturated heterocycles. The number of likely N-dealkylation sites (tertiary alicyclic amines) is 1. The number of amides is 1. The summed E-state index contributed by atoms with van der Waals surface area (Å²) >= 11 is 1.70. The topological polar surface area (TPSA) is 58.4 Å². The normalized spacial score (nSPS) is 19.0. The predicted octanol–water partition coefficient (Wildman–Crippen LogP) is 2.99. The van der Waals surface area contributed by atoms with Crippen LogP contribution in [-0.2, 0) is 6.54 Å². The molecule has 1 N–H and O–H groups in total. The predicted molar refractivity (Wildman–Crippen MR) is 90.6 cm³/mol. The molecular weight excluding hydrogens is 310 g/mol. The van der Waals surface area contributed by atoms with Crippen molar-refractivity contribution in [2.45, 2.75) is 33.2 Å². The van der Waals surface area contributed by atoms with Gasteiger partial charge in [0, 0.05) is 30.6 Å². The summed E-state index contributed by atoms with van der Waals surface area (Å²) in [5, 5.41) is 6.27. The molecule has 3 heterocycles. The van der Waals surface area contributed by atoms with Crippen molar-refractivity contribution in [3.63, 3.8) is 0 Å². The van der Waals surface area contributed by atoms with Crippen molar-refractivity contribution < 1.29 is 9.21 Å². The monoisotopic (exact) mass is 333 g/mol. The van der Waals surface area contributed by atoms with Gasteiger partial charge >= 0.3 is 0 Å². The zero-order chi connectivity index (χ0) is 16.2. The van der Waals surface area contributed by atoms with E-state index < -0.39 is 0 Å². The Morgan fingerprint density at radius 3 is 3.09 bits per heavy atom. The van der Waals surface area contributed by atoms with Crippen LogP contribution in [0.3, 0.4) is 0 Å². The van der Waals surface area contributed by atoms with E-state index in [-0.39, 0.29) is 5.91 Å². The first kappa shape index (κ1) is 16.2. The van der Waals surface area contributed by atoms with E-state index in [2.05, 4.69) is 20.6 Å². The largest absolute Gasteiger partial charge is 0.459 e. The molecule has 6 heteroatoms. The number of hydrogen-bond donors (Lipinski definition) is 1. The van der Waals surface area contributed by atoms with Gasteiger partial charge in [-0.3, -0.25) is 9.69 Å². The maximum Gasteiger partial charge on any atom is 0.287 e. The Morgan fingerprint density at radius 1 is 1.52 bits per heavy atom. The van der Waals surface area contributed by atoms with Crippen molar-refractivity contribution in [3.8, 4) is 0 Å². The van der Waals surface area contributed by atoms with E-state index in [1.165, 1.54) is 6.42 Å². The van der Waals surface area contributed by atoms with E-state index >= 15 is 0 Å². The maximum absolute atomic E-state index is 12.1. The number of aromatic nitrogens is 1. The molecule has 124 valence electrons. The van der Waals surface area contributed by atoms with Crippen molar-refractivity contribution >= 4 is 17.2 Å². The average Bonchev–Trinajstić information content (AvgIpc) is 3.14. The summed E-state index contributed by atoms with van der Waals surface area (Å²) in [5.41, 5.74) is 2.04. The number of nitrogens with zero attached hydrogens (tertiary/aromatic N) is 2. The van der Waals surface area contributed by atoms with Crippen LogP contribution in [-0.4, -0.2) is 35.4 Å². The van der Waals surface area contributed by atoms with Gasteiger partial charge in [0.1, 0.15) is 0 Å². The zero-order valence-corrected chi connectivity index (χ0v) is 14.5. The van der Waals surface area contributed by atoms with Gasteiger partial charge in [0.05, 0.1) is 17.0 Å². The first-order valence-corrected chi connectivity index (χ1v) is 8.95. The Kier molecular flexibility index (Phi) is 5.13. The third-order valence-electron chi connectivity index (χ3n) is 4.27. The molecule has 1 aliphatic rings. The summed E-state index contributed by atoms with van der Waals surface area (Å²) in [6, 6.07) is 1.81. The lowest BCUT2D eigenvalue weighted by molar-refractivity contribution is 0.0902. The van der Waals surface area contributed by atoms with Gasteiger partial charge in [-0.15, -0.1) is 11.3 Å². The number of hydrogen-bond acceptors (Lipinski definition) is 5. The maximum atomic E-state index is 12.1. The van der Waals surface area contributed by atoms with Gasteiger partial charge < -0.3 is 9.73 Å². The van der Waals surface area contributed by atoms with Gasteiger partial charge in [0.15, 0.2) is 5.76 Å². The number of carbonyl (C=O) groups excluding carboxylic acids is 1. The lowest BCUT2D eigenvalue weighted by Crippen LogP contribution is -2.40. The minimum atomic E-state index is -0.111. The summed E-state index contributed by atoms with van der Waals surface area (Å²) in [7, 11) is 0. The highest BCUT2D eigenvalue weighted by molar-refractivity contribution is 7.09. The summed E-state index contributed by atoms with van der Waals surface area (Å²) in [4.78, 5) is 19.1. The van der Waals surface area contributed by atoms with Crippen LogP contribution in [0, 0.1) is 19.8 Å². The Labute approximate surface area is 140 Å². The molecule has 0 aromatic carbocycles. The van der Waals surface area contributed by atoms with Gasteiger partial charge in [-0.1, -0.05) is 0 Å². The minimum Gasteiger partial charge on any atom is -0.459 e. The molecule has 1 unspecified atom stereocenters. The number of rotatable bonds is 5. The smallest absolute Gasteiger partial charge is 0.287 e. The van der Waals surface area contributed by atoms with Crippen molar-refractivity contribution in [1.82, 2.24) is 15.2 Å². The molecule has 0 spiro atoms. The first-order valence-electron chi connectivity index (χ1n) is 8.07. The van der Waals surface area contributed by atoms with Gasteiger partial charge in [0.25, 0.3) is 5.91 Å². The zero-order valence-electron chi connectivity index (χ0n) is 13.7. The SMILES string of the molecule is Cc1nc(CN2CCCC(CNC(=O)c3occc3C)C2)cs1. The van der Waals surface area contributed by atoms with Gasteiger partial charge in [-0.2, -0.15) is 0 Å². The van der Waals surface area contributed by atoms with Crippen LogP contribution in [0.1, 0.15) is 39.7 Å². The molecule has 1 atom stereocenters. The third kappa shape index (κ3) is 4.20. The fourth-order valence-corrected chi connectivity index (χ4v) is 3.70. The Balaban J connectivity index is 1.49. The molecule has 2 aromatic heterocycles. The summed E-state index contributed by atoms with van der Waals surface area (Å²) in [5.74, 6) is 0.804. The van der Waals surface area contributed by atoms with Gasteiger partial charge in [-0.05, 0) is 45.2 Å². The van der Waals surface area contributed by atoms with Crippen LogP contribution >= 0.6 is 11.3 Å². The molecule has 3 rings (SSSR count). The fourth-order valence-electron chi connectivity index (χ4n) is 3.09. The fraction of sp³-hybridized carbons (Fsp3) is 0.529. The lowest BCUT2D eigenvalue weighted by Gasteiger charge is -2.32. The average molecular weight is 333 g/mol. The molecule has 0 aliphatic carbocycles. The molecule has 2 aromatic rings. The van der Waals surface area contributed by atoms with Crippen LogP contribution in [0.2, 0.25) is 0 Å². The van der Waals surface area contributed by atoms with Crippen molar-refractivity contribution in [2.24, 2.45) is 5.92 Å². The van der Waals surface area contributed by atoms with E-state index in [1.54, 1.807) is 17.6 Å². The molecule has 0 radical (unpaired) electrons. The number of thiazole rings is 1. The highest BCUT2D eigenvalue weighted by atomic mass is 32.1. The van der Waals surface area contributed by atoms with Crippen molar-refractivity contribution in [3.05, 3.63) is 39.7 Å². The summed E-state index contributed by atoms with van der Waals surface area (Å²) < 4.78 is 5.24. The molecular formula is C17H23N3O2S. The molecule has 1 fully saturated rings. The van der Waals surface area contributed by atoms with Crippen molar-refractivity contribution in [2.75, 3.05) is 19.6 Å². The summed E-state index contributed by atoms with van der Waals surface area (Å²) in [6.45, 7) is 7.65. The second-order valence-corrected chi connectivity index (χ2v) is 7.31. The van der Waals surface area contributed by atoms with Gasteiger partial charge in [0.2, 0.25) is 0 Å². The second kappa shape index (κ2) is 7.27. The number of furan rings is 1. The minimum absolute atomic E-state index is 0.111. The van der Waals surface area contributed by atoms with E-state index in [0.717, 1.165) is 42.3 Å². The number of piperidine rings is 1. The number of nitrogens with one attached hydrogen (secondary N) is 1. The van der Waals surface area contributed by atoms with E-state index in [0.29, 0.717) is 18.2 Å². The molecule has 5 nitrogen and oxygen atoms in total. The quantitative estimate of drug-likeness (QED) is 0.914. The van der Waals surface area contributed by atoms with Crippen LogP contribution in [0.5, 0.6) is 0 Å². The third-order valence-corrected chi connectivity index (χ3v) is 5.10. The molecule has 0 bridgehead atoms. The Hall–Kier alpha value is -1.66. The Morgan fingerprint density at radius 2 is 2.39 bits per heavy atom. The van der Waals surface area contributed by atoms with Crippen LogP contribution in [0.25, 0.3) is 0 Å². The lowest BCUT2D eigenvalue weighted by atomic mass is 9.98. The van der Waals surface area contributed by atoms with E-state index in [9.17, 15) is 4.79 Å². The summed E-state index contributed by atoms with van der Waals surface area (Å²) in [6.07, 6.45) is 3.88. The molecule has 1 amide bonds. The van der Waals surface area contributed by atoms with Gasteiger partial charge in [-0.25, -0.2) is 4.98 Å². The van der Waals surface area contributed by atoms with Crippen LogP contribution in [0.15, 0.2) is 22.1 Å². The van der Waals surface area contributed by atoms with E-state index in [4.69, 9.17) is 4.42 Å². The molecule has 0 saturated carbocycles. The van der Waals surface area contributed by atoms with Crippen LogP contribution in [0.4, 0.5) is 0 Å².